The Bertz CT molecular complexity index is 283. The minimum absolute atomic E-state index is 0.104. The third-order valence-corrected chi connectivity index (χ3v) is 2.42. The van der Waals surface area contributed by atoms with Crippen molar-refractivity contribution in [2.45, 2.75) is 38.6 Å². The molecule has 1 heterocycles. The Morgan fingerprint density at radius 1 is 1.00 bits per heavy atom. The minimum Gasteiger partial charge on any atom is -0.506 e. The minimum atomic E-state index is 0.104. The van der Waals surface area contributed by atoms with E-state index in [0.717, 1.165) is 38.6 Å². The smallest absolute Gasteiger partial charge is 0.194 e. The molecule has 0 fully saturated rings. The van der Waals surface area contributed by atoms with Gasteiger partial charge in [0.15, 0.2) is 5.88 Å². The molecule has 0 bridgehead atoms. The maximum atomic E-state index is 9.34. The van der Waals surface area contributed by atoms with Gasteiger partial charge >= 0.3 is 0 Å². The fourth-order valence-corrected chi connectivity index (χ4v) is 1.58. The van der Waals surface area contributed by atoms with Gasteiger partial charge in [-0.25, -0.2) is 0 Å². The van der Waals surface area contributed by atoms with Crippen LogP contribution in [-0.2, 0) is 6.54 Å². The number of hydrogen-bond donors (Lipinski definition) is 3. The summed E-state index contributed by atoms with van der Waals surface area (Å²) >= 11 is 0. The molecule has 0 unspecified atom stereocenters. The lowest BCUT2D eigenvalue weighted by molar-refractivity contribution is 0.282. The second-order valence-electron chi connectivity index (χ2n) is 3.74. The summed E-state index contributed by atoms with van der Waals surface area (Å²) in [6.07, 6.45) is 6.62. The summed E-state index contributed by atoms with van der Waals surface area (Å²) in [6.45, 7) is 0.998. The number of unbranched alkanes of at least 4 members (excludes halogenated alkanes) is 4. The van der Waals surface area contributed by atoms with Crippen LogP contribution in [0.3, 0.4) is 0 Å². The molecule has 0 aromatic carbocycles. The number of aromatic nitrogens is 1. The number of nitrogens with zero attached hydrogens (tertiary/aromatic N) is 1. The van der Waals surface area contributed by atoms with Crippen molar-refractivity contribution in [2.24, 2.45) is 0 Å². The van der Waals surface area contributed by atoms with E-state index >= 15 is 0 Å². The molecular formula is C11H19NO3. The summed E-state index contributed by atoms with van der Waals surface area (Å²) in [6, 6.07) is 1.34. The van der Waals surface area contributed by atoms with Gasteiger partial charge < -0.3 is 19.9 Å². The average molecular weight is 213 g/mol. The Kier molecular flexibility index (Phi) is 5.04. The largest absolute Gasteiger partial charge is 0.506 e. The van der Waals surface area contributed by atoms with E-state index in [4.69, 9.17) is 10.2 Å². The van der Waals surface area contributed by atoms with Crippen LogP contribution in [0.25, 0.3) is 0 Å². The number of hydrogen-bond acceptors (Lipinski definition) is 3. The topological polar surface area (TPSA) is 65.6 Å². The van der Waals surface area contributed by atoms with Crippen molar-refractivity contribution in [1.82, 2.24) is 4.57 Å². The van der Waals surface area contributed by atoms with Crippen molar-refractivity contribution in [3.63, 3.8) is 0 Å². The quantitative estimate of drug-likeness (QED) is 0.605. The van der Waals surface area contributed by atoms with Crippen LogP contribution in [0.15, 0.2) is 12.3 Å². The van der Waals surface area contributed by atoms with Crippen LogP contribution in [0.5, 0.6) is 11.6 Å². The van der Waals surface area contributed by atoms with E-state index in [0.29, 0.717) is 0 Å². The predicted molar refractivity (Wildman–Crippen MR) is 57.9 cm³/mol. The van der Waals surface area contributed by atoms with Crippen LogP contribution in [0.1, 0.15) is 32.1 Å². The van der Waals surface area contributed by atoms with Gasteiger partial charge in [-0.3, -0.25) is 0 Å². The number of aliphatic hydroxyl groups is 1. The molecule has 86 valence electrons. The van der Waals surface area contributed by atoms with Gasteiger partial charge in [-0.2, -0.15) is 0 Å². The first kappa shape index (κ1) is 11.9. The highest BCUT2D eigenvalue weighted by atomic mass is 16.3. The molecule has 0 aliphatic rings. The summed E-state index contributed by atoms with van der Waals surface area (Å²) < 4.78 is 1.64. The molecule has 0 amide bonds. The first-order valence-corrected chi connectivity index (χ1v) is 5.43. The second-order valence-corrected chi connectivity index (χ2v) is 3.74. The fraction of sp³-hybridized carbons (Fsp3) is 0.636. The highest BCUT2D eigenvalue weighted by Gasteiger charge is 2.01. The Balaban J connectivity index is 2.12. The van der Waals surface area contributed by atoms with Crippen LogP contribution in [-0.4, -0.2) is 26.5 Å². The van der Waals surface area contributed by atoms with Gasteiger partial charge in [0.25, 0.3) is 0 Å². The summed E-state index contributed by atoms with van der Waals surface area (Å²) in [5.74, 6) is 0.218. The SMILES string of the molecule is OCCCCCCCn1cc(O)cc1O. The van der Waals surface area contributed by atoms with Crippen LogP contribution >= 0.6 is 0 Å². The molecule has 0 aliphatic carbocycles. The van der Waals surface area contributed by atoms with Gasteiger partial charge in [0.05, 0.1) is 0 Å². The molecule has 3 N–H and O–H groups in total. The standard InChI is InChI=1S/C11H19NO3/c13-7-5-3-1-2-4-6-12-9-10(14)8-11(12)15/h8-9,13-15H,1-7H2. The Labute approximate surface area is 89.8 Å². The van der Waals surface area contributed by atoms with Crippen molar-refractivity contribution in [1.29, 1.82) is 0 Å². The maximum Gasteiger partial charge on any atom is 0.194 e. The van der Waals surface area contributed by atoms with Gasteiger partial charge in [-0.1, -0.05) is 19.3 Å². The summed E-state index contributed by atoms with van der Waals surface area (Å²) in [7, 11) is 0. The van der Waals surface area contributed by atoms with Crippen LogP contribution in [0.2, 0.25) is 0 Å². The van der Waals surface area contributed by atoms with Crippen molar-refractivity contribution < 1.29 is 15.3 Å². The highest BCUT2D eigenvalue weighted by Crippen LogP contribution is 2.20. The zero-order valence-corrected chi connectivity index (χ0v) is 8.89. The second kappa shape index (κ2) is 6.35. The van der Waals surface area contributed by atoms with E-state index in [1.165, 1.54) is 12.3 Å². The number of aliphatic hydroxyl groups excluding tert-OH is 1. The molecule has 0 radical (unpaired) electrons. The maximum absolute atomic E-state index is 9.34. The van der Waals surface area contributed by atoms with Gasteiger partial charge in [-0.05, 0) is 12.8 Å². The zero-order chi connectivity index (χ0) is 11.1. The third kappa shape index (κ3) is 4.25. The normalized spacial score (nSPS) is 10.7. The fourth-order valence-electron chi connectivity index (χ4n) is 1.58. The van der Waals surface area contributed by atoms with Crippen molar-refractivity contribution in [3.05, 3.63) is 12.3 Å². The van der Waals surface area contributed by atoms with Crippen LogP contribution < -0.4 is 0 Å². The molecule has 4 heteroatoms. The predicted octanol–water partition coefficient (Wildman–Crippen LogP) is 1.84. The number of aromatic hydroxyl groups is 2. The molecule has 1 aromatic heterocycles. The Hall–Kier alpha value is -1.16. The van der Waals surface area contributed by atoms with E-state index in [1.807, 2.05) is 0 Å². The molecule has 15 heavy (non-hydrogen) atoms. The highest BCUT2D eigenvalue weighted by molar-refractivity contribution is 5.26. The van der Waals surface area contributed by atoms with Gasteiger partial charge in [0, 0.05) is 25.4 Å². The van der Waals surface area contributed by atoms with Crippen LogP contribution in [0.4, 0.5) is 0 Å². The van der Waals surface area contributed by atoms with E-state index in [1.54, 1.807) is 4.57 Å². The summed E-state index contributed by atoms with van der Waals surface area (Å²) in [5, 5.41) is 27.0. The van der Waals surface area contributed by atoms with E-state index in [2.05, 4.69) is 0 Å². The lowest BCUT2D eigenvalue weighted by atomic mass is 10.1. The van der Waals surface area contributed by atoms with Gasteiger partial charge in [-0.15, -0.1) is 0 Å². The molecule has 1 rings (SSSR count). The Morgan fingerprint density at radius 2 is 1.67 bits per heavy atom. The third-order valence-electron chi connectivity index (χ3n) is 2.42. The number of rotatable bonds is 7. The molecule has 0 saturated heterocycles. The van der Waals surface area contributed by atoms with Crippen molar-refractivity contribution in [3.8, 4) is 11.6 Å². The zero-order valence-electron chi connectivity index (χ0n) is 8.89. The molecule has 4 nitrogen and oxygen atoms in total. The lowest BCUT2D eigenvalue weighted by Crippen LogP contribution is -1.95. The van der Waals surface area contributed by atoms with E-state index in [9.17, 15) is 5.11 Å². The van der Waals surface area contributed by atoms with E-state index in [-0.39, 0.29) is 18.2 Å². The molecule has 1 aromatic rings. The molecule has 0 aliphatic heterocycles. The molecular weight excluding hydrogens is 194 g/mol. The first-order chi connectivity index (χ1) is 7.24. The van der Waals surface area contributed by atoms with Gasteiger partial charge in [0.2, 0.25) is 0 Å². The average Bonchev–Trinajstić information content (AvgIpc) is 2.51. The monoisotopic (exact) mass is 213 g/mol. The Morgan fingerprint density at radius 3 is 2.27 bits per heavy atom. The van der Waals surface area contributed by atoms with Gasteiger partial charge in [0.1, 0.15) is 5.75 Å². The van der Waals surface area contributed by atoms with Crippen molar-refractivity contribution >= 4 is 0 Å². The molecule has 0 saturated carbocycles. The van der Waals surface area contributed by atoms with E-state index < -0.39 is 0 Å². The molecule has 0 atom stereocenters. The summed E-state index contributed by atoms with van der Waals surface area (Å²) in [5.41, 5.74) is 0. The molecule has 0 spiro atoms. The van der Waals surface area contributed by atoms with Crippen LogP contribution in [0, 0.1) is 0 Å². The lowest BCUT2D eigenvalue weighted by Gasteiger charge is -2.04. The number of aryl methyl sites for hydroxylation is 1. The summed E-state index contributed by atoms with van der Waals surface area (Å²) in [4.78, 5) is 0. The first-order valence-electron chi connectivity index (χ1n) is 5.43. The van der Waals surface area contributed by atoms with Crippen molar-refractivity contribution in [2.75, 3.05) is 6.61 Å².